The summed E-state index contributed by atoms with van der Waals surface area (Å²) in [5.41, 5.74) is 1.54. The summed E-state index contributed by atoms with van der Waals surface area (Å²) in [4.78, 5) is 2.68. The first-order valence-corrected chi connectivity index (χ1v) is 8.59. The van der Waals surface area contributed by atoms with Gasteiger partial charge in [0.2, 0.25) is 0 Å². The van der Waals surface area contributed by atoms with Crippen LogP contribution in [0.2, 0.25) is 0 Å². The van der Waals surface area contributed by atoms with Gasteiger partial charge in [0.05, 0.1) is 0 Å². The van der Waals surface area contributed by atoms with Gasteiger partial charge in [-0.25, -0.2) is 0 Å². The van der Waals surface area contributed by atoms with Gasteiger partial charge >= 0.3 is 0 Å². The van der Waals surface area contributed by atoms with Crippen molar-refractivity contribution in [2.75, 3.05) is 19.6 Å². The Morgan fingerprint density at radius 3 is 2.57 bits per heavy atom. The molecule has 0 aromatic heterocycles. The molecule has 1 nitrogen and oxygen atoms in total. The van der Waals surface area contributed by atoms with E-state index in [1.54, 1.807) is 0 Å². The van der Waals surface area contributed by atoms with Crippen molar-refractivity contribution in [1.82, 2.24) is 4.90 Å². The summed E-state index contributed by atoms with van der Waals surface area (Å²) < 4.78 is 0. The Kier molecular flexibility index (Phi) is 3.69. The summed E-state index contributed by atoms with van der Waals surface area (Å²) in [6.07, 6.45) is 6.93. The number of nitrogens with zero attached hydrogens (tertiary/aromatic N) is 1. The Balaban J connectivity index is 1.40. The van der Waals surface area contributed by atoms with Crippen LogP contribution in [0.15, 0.2) is 42.5 Å². The van der Waals surface area contributed by atoms with E-state index in [9.17, 15) is 0 Å². The van der Waals surface area contributed by atoms with E-state index in [1.807, 2.05) is 0 Å². The fourth-order valence-corrected chi connectivity index (χ4v) is 4.48. The zero-order chi connectivity index (χ0) is 14.1. The monoisotopic (exact) mass is 279 g/mol. The van der Waals surface area contributed by atoms with Crippen molar-refractivity contribution in [3.63, 3.8) is 0 Å². The molecule has 0 amide bonds. The Morgan fingerprint density at radius 1 is 0.952 bits per heavy atom. The van der Waals surface area contributed by atoms with Crippen molar-refractivity contribution in [3.8, 4) is 0 Å². The minimum Gasteiger partial charge on any atom is -0.303 e. The van der Waals surface area contributed by atoms with E-state index in [0.717, 1.165) is 11.8 Å². The highest BCUT2D eigenvalue weighted by atomic mass is 15.1. The highest BCUT2D eigenvalue weighted by Crippen LogP contribution is 2.35. The van der Waals surface area contributed by atoms with Gasteiger partial charge in [0.25, 0.3) is 0 Å². The van der Waals surface area contributed by atoms with E-state index in [-0.39, 0.29) is 0 Å². The van der Waals surface area contributed by atoms with Gasteiger partial charge in [0.15, 0.2) is 0 Å². The predicted octanol–water partition coefficient (Wildman–Crippen LogP) is 4.50. The van der Waals surface area contributed by atoms with Crippen LogP contribution in [0.25, 0.3) is 10.8 Å². The van der Waals surface area contributed by atoms with Crippen molar-refractivity contribution in [2.24, 2.45) is 11.8 Å². The first kappa shape index (κ1) is 13.3. The lowest BCUT2D eigenvalue weighted by Gasteiger charge is -2.45. The Labute approximate surface area is 128 Å². The van der Waals surface area contributed by atoms with Crippen LogP contribution in [0.3, 0.4) is 0 Å². The number of aryl methyl sites for hydroxylation is 1. The molecule has 1 atom stereocenters. The van der Waals surface area contributed by atoms with Crippen molar-refractivity contribution < 1.29 is 0 Å². The zero-order valence-electron chi connectivity index (χ0n) is 12.8. The topological polar surface area (TPSA) is 3.24 Å². The van der Waals surface area contributed by atoms with Crippen molar-refractivity contribution in [2.45, 2.75) is 32.1 Å². The normalized spacial score (nSPS) is 28.1. The van der Waals surface area contributed by atoms with Crippen LogP contribution in [0.4, 0.5) is 0 Å². The molecule has 3 heterocycles. The maximum Gasteiger partial charge on any atom is 0.00123 e. The number of hydrogen-bond acceptors (Lipinski definition) is 1. The van der Waals surface area contributed by atoms with Crippen LogP contribution in [-0.2, 0) is 6.42 Å². The molecule has 0 N–H and O–H groups in total. The Morgan fingerprint density at radius 2 is 1.76 bits per heavy atom. The lowest BCUT2D eigenvalue weighted by Crippen LogP contribution is -2.47. The van der Waals surface area contributed by atoms with Crippen molar-refractivity contribution in [1.29, 1.82) is 0 Å². The maximum absolute atomic E-state index is 2.68. The highest BCUT2D eigenvalue weighted by molar-refractivity contribution is 5.85. The molecule has 1 heteroatoms. The van der Waals surface area contributed by atoms with E-state index in [4.69, 9.17) is 0 Å². The van der Waals surface area contributed by atoms with Crippen LogP contribution in [-0.4, -0.2) is 24.5 Å². The number of hydrogen-bond donors (Lipinski definition) is 0. The standard InChI is InChI=1S/C20H25N/c1-2-10-20-17(5-1)6-3-7-18(20)8-4-9-19-15-21-13-11-16(19)12-14-21/h1-3,5-7,10,16,19H,4,8-9,11-15H2. The Hall–Kier alpha value is -1.34. The van der Waals surface area contributed by atoms with Gasteiger partial charge in [-0.15, -0.1) is 0 Å². The average Bonchev–Trinajstić information content (AvgIpc) is 2.56. The molecule has 3 aliphatic rings. The van der Waals surface area contributed by atoms with Crippen LogP contribution in [0, 0.1) is 11.8 Å². The van der Waals surface area contributed by atoms with Gasteiger partial charge < -0.3 is 4.90 Å². The van der Waals surface area contributed by atoms with Crippen LogP contribution in [0.1, 0.15) is 31.2 Å². The Bertz CT molecular complexity index is 605. The van der Waals surface area contributed by atoms with Crippen LogP contribution in [0.5, 0.6) is 0 Å². The first-order valence-electron chi connectivity index (χ1n) is 8.59. The molecule has 21 heavy (non-hydrogen) atoms. The number of rotatable bonds is 4. The SMILES string of the molecule is c1ccc2c(CCCC3CN4CCC3CC4)cccc2c1. The molecule has 3 aliphatic heterocycles. The molecular formula is C20H25N. The predicted molar refractivity (Wildman–Crippen MR) is 89.5 cm³/mol. The summed E-state index contributed by atoms with van der Waals surface area (Å²) in [6, 6.07) is 15.6. The number of fused-ring (bicyclic) bond motifs is 4. The molecule has 2 aromatic carbocycles. The third kappa shape index (κ3) is 2.72. The third-order valence-corrected chi connectivity index (χ3v) is 5.69. The van der Waals surface area contributed by atoms with Crippen LogP contribution >= 0.6 is 0 Å². The molecular weight excluding hydrogens is 254 g/mol. The van der Waals surface area contributed by atoms with Gasteiger partial charge in [-0.1, -0.05) is 42.5 Å². The smallest absolute Gasteiger partial charge is 0.00123 e. The molecule has 3 fully saturated rings. The van der Waals surface area contributed by atoms with Crippen LogP contribution < -0.4 is 0 Å². The number of piperidine rings is 3. The largest absolute Gasteiger partial charge is 0.303 e. The highest BCUT2D eigenvalue weighted by Gasteiger charge is 2.33. The second-order valence-corrected chi connectivity index (χ2v) is 6.93. The summed E-state index contributed by atoms with van der Waals surface area (Å²) in [7, 11) is 0. The fourth-order valence-electron chi connectivity index (χ4n) is 4.48. The molecule has 3 saturated heterocycles. The van der Waals surface area contributed by atoms with Gasteiger partial charge in [-0.05, 0) is 73.4 Å². The van der Waals surface area contributed by atoms with E-state index in [2.05, 4.69) is 47.4 Å². The number of benzene rings is 2. The lowest BCUT2D eigenvalue weighted by atomic mass is 9.76. The van der Waals surface area contributed by atoms with E-state index < -0.39 is 0 Å². The van der Waals surface area contributed by atoms with E-state index >= 15 is 0 Å². The maximum atomic E-state index is 2.68. The quantitative estimate of drug-likeness (QED) is 0.796. The molecule has 0 radical (unpaired) electrons. The summed E-state index contributed by atoms with van der Waals surface area (Å²) >= 11 is 0. The van der Waals surface area contributed by atoms with E-state index in [1.165, 1.54) is 68.1 Å². The average molecular weight is 279 g/mol. The van der Waals surface area contributed by atoms with Gasteiger partial charge in [0, 0.05) is 6.54 Å². The van der Waals surface area contributed by atoms with Gasteiger partial charge in [-0.2, -0.15) is 0 Å². The molecule has 5 rings (SSSR count). The summed E-state index contributed by atoms with van der Waals surface area (Å²) in [5, 5.41) is 2.84. The second-order valence-electron chi connectivity index (χ2n) is 6.93. The summed E-state index contributed by atoms with van der Waals surface area (Å²) in [5.74, 6) is 2.00. The minimum atomic E-state index is 0.975. The second kappa shape index (κ2) is 5.81. The molecule has 0 spiro atoms. The van der Waals surface area contributed by atoms with Crippen molar-refractivity contribution in [3.05, 3.63) is 48.0 Å². The first-order chi connectivity index (χ1) is 10.4. The van der Waals surface area contributed by atoms with Crippen molar-refractivity contribution >= 4 is 10.8 Å². The molecule has 110 valence electrons. The molecule has 1 unspecified atom stereocenters. The zero-order valence-corrected chi connectivity index (χ0v) is 12.8. The minimum absolute atomic E-state index is 0.975. The molecule has 0 saturated carbocycles. The van der Waals surface area contributed by atoms with Gasteiger partial charge in [-0.3, -0.25) is 0 Å². The molecule has 2 bridgehead atoms. The lowest BCUT2D eigenvalue weighted by molar-refractivity contribution is 0.0458. The van der Waals surface area contributed by atoms with Gasteiger partial charge in [0.1, 0.15) is 0 Å². The van der Waals surface area contributed by atoms with E-state index in [0.29, 0.717) is 0 Å². The summed E-state index contributed by atoms with van der Waals surface area (Å²) in [6.45, 7) is 4.11. The third-order valence-electron chi connectivity index (χ3n) is 5.69. The fraction of sp³-hybridized carbons (Fsp3) is 0.500. The molecule has 2 aromatic rings. The molecule has 0 aliphatic carbocycles.